The van der Waals surface area contributed by atoms with E-state index in [1.165, 1.54) is 0 Å². The number of rotatable bonds is 4. The first-order valence-electron chi connectivity index (χ1n) is 6.40. The summed E-state index contributed by atoms with van der Waals surface area (Å²) in [6.45, 7) is 4.39. The fraction of sp³-hybridized carbons (Fsp3) is 0.200. The number of urea groups is 1. The van der Waals surface area contributed by atoms with Gasteiger partial charge < -0.3 is 15.4 Å². The fourth-order valence-corrected chi connectivity index (χ4v) is 1.73. The van der Waals surface area contributed by atoms with Crippen LogP contribution >= 0.6 is 0 Å². The van der Waals surface area contributed by atoms with Crippen molar-refractivity contribution in [1.29, 1.82) is 0 Å². The second kappa shape index (κ2) is 6.56. The number of anilines is 2. The smallest absolute Gasteiger partial charge is 0.323 e. The predicted molar refractivity (Wildman–Crippen MR) is 79.2 cm³/mol. The molecule has 0 aliphatic heterocycles. The minimum absolute atomic E-state index is 0.298. The van der Waals surface area contributed by atoms with Gasteiger partial charge in [0.1, 0.15) is 5.75 Å². The Kier molecular flexibility index (Phi) is 4.55. The van der Waals surface area contributed by atoms with Crippen molar-refractivity contribution in [2.45, 2.75) is 13.8 Å². The van der Waals surface area contributed by atoms with Gasteiger partial charge in [-0.3, -0.25) is 4.98 Å². The molecule has 2 amide bonds. The maximum Gasteiger partial charge on any atom is 0.323 e. The van der Waals surface area contributed by atoms with Crippen LogP contribution in [-0.2, 0) is 0 Å². The lowest BCUT2D eigenvalue weighted by Gasteiger charge is -2.10. The van der Waals surface area contributed by atoms with Crippen molar-refractivity contribution >= 4 is 17.4 Å². The summed E-state index contributed by atoms with van der Waals surface area (Å²) in [5, 5.41) is 5.55. The maximum atomic E-state index is 11.9. The third-order valence-electron chi connectivity index (χ3n) is 2.67. The summed E-state index contributed by atoms with van der Waals surface area (Å²) < 4.78 is 5.39. The van der Waals surface area contributed by atoms with Gasteiger partial charge in [0, 0.05) is 29.8 Å². The normalized spacial score (nSPS) is 9.90. The largest absolute Gasteiger partial charge is 0.494 e. The van der Waals surface area contributed by atoms with Gasteiger partial charge in [0.2, 0.25) is 0 Å². The van der Waals surface area contributed by atoms with Crippen molar-refractivity contribution in [2.75, 3.05) is 17.2 Å². The average Bonchev–Trinajstić information content (AvgIpc) is 2.42. The van der Waals surface area contributed by atoms with Gasteiger partial charge in [0.25, 0.3) is 0 Å². The highest BCUT2D eigenvalue weighted by molar-refractivity contribution is 6.00. The third-order valence-corrected chi connectivity index (χ3v) is 2.67. The molecule has 2 N–H and O–H groups in total. The summed E-state index contributed by atoms with van der Waals surface area (Å²) >= 11 is 0. The number of aromatic nitrogens is 1. The quantitative estimate of drug-likeness (QED) is 0.895. The van der Waals surface area contributed by atoms with E-state index in [-0.39, 0.29) is 6.03 Å². The van der Waals surface area contributed by atoms with Crippen molar-refractivity contribution in [3.8, 4) is 5.75 Å². The molecule has 0 saturated carbocycles. The number of amides is 2. The highest BCUT2D eigenvalue weighted by atomic mass is 16.5. The Labute approximate surface area is 118 Å². The molecule has 5 nitrogen and oxygen atoms in total. The zero-order chi connectivity index (χ0) is 14.4. The molecule has 20 heavy (non-hydrogen) atoms. The fourth-order valence-electron chi connectivity index (χ4n) is 1.73. The predicted octanol–water partition coefficient (Wildman–Crippen LogP) is 3.43. The molecule has 0 bridgehead atoms. The Morgan fingerprint density at radius 1 is 1.30 bits per heavy atom. The van der Waals surface area contributed by atoms with Gasteiger partial charge in [-0.15, -0.1) is 0 Å². The van der Waals surface area contributed by atoms with E-state index < -0.39 is 0 Å². The standard InChI is InChI=1S/C15H17N3O2/c1-3-20-13-6-4-5-12(9-13)17-15(19)18-14-7-8-16-10-11(14)2/h4-10H,3H2,1-2H3,(H2,16,17,18,19). The Bertz CT molecular complexity index is 599. The number of hydrogen-bond acceptors (Lipinski definition) is 3. The molecule has 1 aromatic carbocycles. The third kappa shape index (κ3) is 3.71. The molecule has 2 aromatic rings. The molecule has 1 aromatic heterocycles. The molecular formula is C15H17N3O2. The highest BCUT2D eigenvalue weighted by Gasteiger charge is 2.05. The summed E-state index contributed by atoms with van der Waals surface area (Å²) in [7, 11) is 0. The van der Waals surface area contributed by atoms with Crippen molar-refractivity contribution in [1.82, 2.24) is 4.98 Å². The number of carbonyl (C=O) groups excluding carboxylic acids is 1. The van der Waals surface area contributed by atoms with E-state index >= 15 is 0 Å². The van der Waals surface area contributed by atoms with E-state index in [0.29, 0.717) is 12.3 Å². The molecular weight excluding hydrogens is 254 g/mol. The van der Waals surface area contributed by atoms with E-state index in [9.17, 15) is 4.79 Å². The first-order valence-corrected chi connectivity index (χ1v) is 6.40. The molecule has 0 radical (unpaired) electrons. The van der Waals surface area contributed by atoms with Crippen molar-refractivity contribution in [3.63, 3.8) is 0 Å². The van der Waals surface area contributed by atoms with Crippen LogP contribution in [0.15, 0.2) is 42.7 Å². The molecule has 0 spiro atoms. The lowest BCUT2D eigenvalue weighted by molar-refractivity contribution is 0.262. The Morgan fingerprint density at radius 2 is 2.15 bits per heavy atom. The Hall–Kier alpha value is -2.56. The maximum absolute atomic E-state index is 11.9. The number of hydrogen-bond donors (Lipinski definition) is 2. The lowest BCUT2D eigenvalue weighted by atomic mass is 10.2. The van der Waals surface area contributed by atoms with E-state index in [2.05, 4.69) is 15.6 Å². The molecule has 5 heteroatoms. The SMILES string of the molecule is CCOc1cccc(NC(=O)Nc2ccncc2C)c1. The van der Waals surface area contributed by atoms with Gasteiger partial charge in [-0.2, -0.15) is 0 Å². The molecule has 104 valence electrons. The average molecular weight is 271 g/mol. The van der Waals surface area contributed by atoms with Gasteiger partial charge in [-0.05, 0) is 37.6 Å². The van der Waals surface area contributed by atoms with Crippen LogP contribution in [0.4, 0.5) is 16.2 Å². The number of aryl methyl sites for hydroxylation is 1. The second-order valence-corrected chi connectivity index (χ2v) is 4.23. The van der Waals surface area contributed by atoms with E-state index in [0.717, 1.165) is 17.0 Å². The van der Waals surface area contributed by atoms with Crippen LogP contribution in [0.25, 0.3) is 0 Å². The number of benzene rings is 1. The van der Waals surface area contributed by atoms with Crippen LogP contribution in [0.2, 0.25) is 0 Å². The van der Waals surface area contributed by atoms with Crippen LogP contribution in [0.1, 0.15) is 12.5 Å². The molecule has 0 saturated heterocycles. The number of nitrogens with one attached hydrogen (secondary N) is 2. The summed E-state index contributed by atoms with van der Waals surface area (Å²) in [4.78, 5) is 15.9. The van der Waals surface area contributed by atoms with Crippen molar-refractivity contribution in [3.05, 3.63) is 48.3 Å². The van der Waals surface area contributed by atoms with Crippen molar-refractivity contribution in [2.24, 2.45) is 0 Å². The first-order chi connectivity index (χ1) is 9.69. The summed E-state index contributed by atoms with van der Waals surface area (Å²) in [6, 6.07) is 8.72. The second-order valence-electron chi connectivity index (χ2n) is 4.23. The molecule has 2 rings (SSSR count). The van der Waals surface area contributed by atoms with E-state index in [4.69, 9.17) is 4.74 Å². The van der Waals surface area contributed by atoms with E-state index in [1.807, 2.05) is 32.0 Å². The zero-order valence-corrected chi connectivity index (χ0v) is 11.5. The number of nitrogens with zero attached hydrogens (tertiary/aromatic N) is 1. The molecule has 0 fully saturated rings. The minimum Gasteiger partial charge on any atom is -0.494 e. The van der Waals surface area contributed by atoms with E-state index in [1.54, 1.807) is 24.5 Å². The topological polar surface area (TPSA) is 63.2 Å². The zero-order valence-electron chi connectivity index (χ0n) is 11.5. The van der Waals surface area contributed by atoms with Crippen LogP contribution in [0.3, 0.4) is 0 Å². The molecule has 0 aliphatic rings. The number of pyridine rings is 1. The summed E-state index contributed by atoms with van der Waals surface area (Å²) in [5.41, 5.74) is 2.32. The van der Waals surface area contributed by atoms with Crippen molar-refractivity contribution < 1.29 is 9.53 Å². The van der Waals surface area contributed by atoms with Crippen LogP contribution in [0.5, 0.6) is 5.75 Å². The van der Waals surface area contributed by atoms with Gasteiger partial charge in [-0.25, -0.2) is 4.79 Å². The summed E-state index contributed by atoms with van der Waals surface area (Å²) in [5.74, 6) is 0.727. The molecule has 0 unspecified atom stereocenters. The van der Waals surface area contributed by atoms with Crippen LogP contribution in [-0.4, -0.2) is 17.6 Å². The van der Waals surface area contributed by atoms with Gasteiger partial charge >= 0.3 is 6.03 Å². The number of ether oxygens (including phenoxy) is 1. The number of carbonyl (C=O) groups is 1. The minimum atomic E-state index is -0.298. The first kappa shape index (κ1) is 13.9. The lowest BCUT2D eigenvalue weighted by Crippen LogP contribution is -2.20. The summed E-state index contributed by atoms with van der Waals surface area (Å²) in [6.07, 6.45) is 3.34. The van der Waals surface area contributed by atoms with Crippen LogP contribution < -0.4 is 15.4 Å². The highest BCUT2D eigenvalue weighted by Crippen LogP contribution is 2.18. The van der Waals surface area contributed by atoms with Gasteiger partial charge in [0.15, 0.2) is 0 Å². The van der Waals surface area contributed by atoms with Gasteiger partial charge in [0.05, 0.1) is 6.61 Å². The van der Waals surface area contributed by atoms with Gasteiger partial charge in [-0.1, -0.05) is 6.07 Å². The molecule has 0 atom stereocenters. The molecule has 1 heterocycles. The Balaban J connectivity index is 2.01. The molecule has 0 aliphatic carbocycles. The Morgan fingerprint density at radius 3 is 2.90 bits per heavy atom. The monoisotopic (exact) mass is 271 g/mol. The van der Waals surface area contributed by atoms with Crippen LogP contribution in [0, 0.1) is 6.92 Å².